The highest BCUT2D eigenvalue weighted by molar-refractivity contribution is 5.54. The summed E-state index contributed by atoms with van der Waals surface area (Å²) in [5, 5.41) is 0. The van der Waals surface area contributed by atoms with Gasteiger partial charge in [0.1, 0.15) is 34.5 Å². The molecule has 4 rings (SSSR count). The summed E-state index contributed by atoms with van der Waals surface area (Å²) in [6, 6.07) is 32.7. The molecule has 0 radical (unpaired) electrons. The zero-order valence-electron chi connectivity index (χ0n) is 16.5. The molecule has 0 N–H and O–H groups in total. The molecule has 148 valence electrons. The van der Waals surface area contributed by atoms with Gasteiger partial charge in [0.15, 0.2) is 0 Å². The van der Waals surface area contributed by atoms with Crippen LogP contribution < -0.4 is 14.2 Å². The summed E-state index contributed by atoms with van der Waals surface area (Å²) in [5.74, 6) is 4.19. The molecule has 3 nitrogen and oxygen atoms in total. The van der Waals surface area contributed by atoms with Gasteiger partial charge in [0.2, 0.25) is 0 Å². The maximum absolute atomic E-state index is 6.21. The van der Waals surface area contributed by atoms with Crippen molar-refractivity contribution < 1.29 is 14.2 Å². The normalized spacial score (nSPS) is 10.3. The van der Waals surface area contributed by atoms with Crippen molar-refractivity contribution in [2.45, 2.75) is 6.42 Å². The SMILES string of the molecule is C=CCc1c(Oc2ccccc2)cc(Oc2ccccc2)cc1Oc1ccccc1. The molecule has 0 aliphatic rings. The van der Waals surface area contributed by atoms with E-state index < -0.39 is 0 Å². The van der Waals surface area contributed by atoms with Crippen LogP contribution in [-0.4, -0.2) is 0 Å². The summed E-state index contributed by atoms with van der Waals surface area (Å²) in [5.41, 5.74) is 0.901. The van der Waals surface area contributed by atoms with Crippen LogP contribution >= 0.6 is 0 Å². The van der Waals surface area contributed by atoms with Crippen molar-refractivity contribution in [3.05, 3.63) is 121 Å². The number of hydrogen-bond donors (Lipinski definition) is 0. The van der Waals surface area contributed by atoms with Crippen LogP contribution in [0.15, 0.2) is 116 Å². The molecule has 0 spiro atoms. The molecule has 0 saturated heterocycles. The second-order valence-corrected chi connectivity index (χ2v) is 6.64. The van der Waals surface area contributed by atoms with Crippen LogP contribution in [0.3, 0.4) is 0 Å². The minimum atomic E-state index is 0.593. The molecule has 4 aromatic carbocycles. The smallest absolute Gasteiger partial charge is 0.138 e. The largest absolute Gasteiger partial charge is 0.457 e. The van der Waals surface area contributed by atoms with E-state index in [0.717, 1.165) is 22.8 Å². The van der Waals surface area contributed by atoms with Crippen molar-refractivity contribution in [2.24, 2.45) is 0 Å². The predicted molar refractivity (Wildman–Crippen MR) is 120 cm³/mol. The number of para-hydroxylation sites is 3. The van der Waals surface area contributed by atoms with Crippen LogP contribution in [0.5, 0.6) is 34.5 Å². The monoisotopic (exact) mass is 394 g/mol. The average molecular weight is 394 g/mol. The van der Waals surface area contributed by atoms with Crippen molar-refractivity contribution in [2.75, 3.05) is 0 Å². The Labute approximate surface area is 176 Å². The topological polar surface area (TPSA) is 27.7 Å². The van der Waals surface area contributed by atoms with Gasteiger partial charge in [-0.3, -0.25) is 0 Å². The fourth-order valence-corrected chi connectivity index (χ4v) is 3.04. The summed E-state index contributed by atoms with van der Waals surface area (Å²) in [6.45, 7) is 3.90. The second kappa shape index (κ2) is 9.48. The third-order valence-corrected chi connectivity index (χ3v) is 4.41. The Bertz CT molecular complexity index is 1030. The number of allylic oxidation sites excluding steroid dienone is 1. The molecule has 0 bridgehead atoms. The molecule has 0 atom stereocenters. The van der Waals surface area contributed by atoms with Gasteiger partial charge in [0, 0.05) is 17.7 Å². The average Bonchev–Trinajstić information content (AvgIpc) is 2.78. The lowest BCUT2D eigenvalue weighted by atomic mass is 10.1. The molecule has 0 aliphatic carbocycles. The molecular weight excluding hydrogens is 372 g/mol. The predicted octanol–water partition coefficient (Wildman–Crippen LogP) is 7.79. The minimum absolute atomic E-state index is 0.593. The van der Waals surface area contributed by atoms with Crippen molar-refractivity contribution in [3.63, 3.8) is 0 Å². The summed E-state index contributed by atoms with van der Waals surface area (Å²) in [6.07, 6.45) is 2.43. The van der Waals surface area contributed by atoms with Gasteiger partial charge in [-0.15, -0.1) is 6.58 Å². The van der Waals surface area contributed by atoms with E-state index in [0.29, 0.717) is 23.7 Å². The van der Waals surface area contributed by atoms with Gasteiger partial charge in [0.25, 0.3) is 0 Å². The lowest BCUT2D eigenvalue weighted by Gasteiger charge is -2.17. The molecule has 0 unspecified atom stereocenters. The first kappa shape index (κ1) is 19.3. The summed E-state index contributed by atoms with van der Waals surface area (Å²) >= 11 is 0. The molecule has 3 heteroatoms. The number of ether oxygens (including phenoxy) is 3. The molecule has 0 fully saturated rings. The molecule has 30 heavy (non-hydrogen) atoms. The number of hydrogen-bond acceptors (Lipinski definition) is 3. The fourth-order valence-electron chi connectivity index (χ4n) is 3.04. The number of rotatable bonds is 8. The first-order valence-corrected chi connectivity index (χ1v) is 9.78. The molecule has 0 aromatic heterocycles. The van der Waals surface area contributed by atoms with Crippen molar-refractivity contribution >= 4 is 0 Å². The second-order valence-electron chi connectivity index (χ2n) is 6.64. The highest BCUT2D eigenvalue weighted by Crippen LogP contribution is 2.40. The fraction of sp³-hybridized carbons (Fsp3) is 0.0370. The highest BCUT2D eigenvalue weighted by atomic mass is 16.5. The van der Waals surface area contributed by atoms with Gasteiger partial charge in [-0.05, 0) is 42.8 Å². The first-order chi connectivity index (χ1) is 14.8. The summed E-state index contributed by atoms with van der Waals surface area (Å²) in [4.78, 5) is 0. The molecule has 0 saturated carbocycles. The van der Waals surface area contributed by atoms with E-state index in [1.807, 2.05) is 109 Å². The van der Waals surface area contributed by atoms with Crippen LogP contribution in [0.1, 0.15) is 5.56 Å². The Morgan fingerprint density at radius 1 is 0.533 bits per heavy atom. The zero-order chi connectivity index (χ0) is 20.6. The van der Waals surface area contributed by atoms with Gasteiger partial charge in [-0.2, -0.15) is 0 Å². The van der Waals surface area contributed by atoms with Crippen LogP contribution in [0, 0.1) is 0 Å². The first-order valence-electron chi connectivity index (χ1n) is 9.78. The lowest BCUT2D eigenvalue weighted by molar-refractivity contribution is 0.433. The van der Waals surface area contributed by atoms with Crippen LogP contribution in [0.4, 0.5) is 0 Å². The Kier molecular flexibility index (Phi) is 6.11. The Balaban J connectivity index is 1.77. The van der Waals surface area contributed by atoms with Crippen LogP contribution in [0.2, 0.25) is 0 Å². The summed E-state index contributed by atoms with van der Waals surface area (Å²) in [7, 11) is 0. The molecule has 0 aliphatic heterocycles. The maximum atomic E-state index is 6.21. The van der Waals surface area contributed by atoms with Crippen molar-refractivity contribution in [1.82, 2.24) is 0 Å². The zero-order valence-corrected chi connectivity index (χ0v) is 16.5. The van der Waals surface area contributed by atoms with E-state index in [1.165, 1.54) is 0 Å². The Hall–Kier alpha value is -3.98. The van der Waals surface area contributed by atoms with Crippen LogP contribution in [-0.2, 0) is 6.42 Å². The van der Waals surface area contributed by atoms with E-state index >= 15 is 0 Å². The lowest BCUT2D eigenvalue weighted by Crippen LogP contribution is -1.97. The Morgan fingerprint density at radius 3 is 1.33 bits per heavy atom. The van der Waals surface area contributed by atoms with Gasteiger partial charge in [0.05, 0.1) is 0 Å². The van der Waals surface area contributed by atoms with Gasteiger partial charge < -0.3 is 14.2 Å². The van der Waals surface area contributed by atoms with Gasteiger partial charge in [-0.1, -0.05) is 60.7 Å². The third-order valence-electron chi connectivity index (χ3n) is 4.41. The highest BCUT2D eigenvalue weighted by Gasteiger charge is 2.16. The minimum Gasteiger partial charge on any atom is -0.457 e. The Morgan fingerprint density at radius 2 is 0.933 bits per heavy atom. The standard InChI is InChI=1S/C27H22O3/c1-2-12-25-26(29-22-15-8-4-9-16-22)19-24(28-21-13-6-3-7-14-21)20-27(25)30-23-17-10-5-11-18-23/h2-11,13-20H,1,12H2. The molecule has 4 aromatic rings. The van der Waals surface area contributed by atoms with Crippen molar-refractivity contribution in [3.8, 4) is 34.5 Å². The molecular formula is C27H22O3. The maximum Gasteiger partial charge on any atom is 0.138 e. The van der Waals surface area contributed by atoms with Gasteiger partial charge >= 0.3 is 0 Å². The summed E-state index contributed by atoms with van der Waals surface area (Å²) < 4.78 is 18.5. The quantitative estimate of drug-likeness (QED) is 0.285. The third kappa shape index (κ3) is 4.89. The van der Waals surface area contributed by atoms with E-state index in [-0.39, 0.29) is 0 Å². The van der Waals surface area contributed by atoms with E-state index in [9.17, 15) is 0 Å². The molecule has 0 heterocycles. The van der Waals surface area contributed by atoms with Crippen molar-refractivity contribution in [1.29, 1.82) is 0 Å². The van der Waals surface area contributed by atoms with E-state index in [2.05, 4.69) is 6.58 Å². The van der Waals surface area contributed by atoms with Gasteiger partial charge in [-0.25, -0.2) is 0 Å². The van der Waals surface area contributed by atoms with Crippen LogP contribution in [0.25, 0.3) is 0 Å². The molecule has 0 amide bonds. The van der Waals surface area contributed by atoms with E-state index in [4.69, 9.17) is 14.2 Å². The van der Waals surface area contributed by atoms with E-state index in [1.54, 1.807) is 0 Å². The number of benzene rings is 4.